The first-order valence-corrected chi connectivity index (χ1v) is 4.22. The first-order valence-electron chi connectivity index (χ1n) is 3.81. The lowest BCUT2D eigenvalue weighted by Crippen LogP contribution is -2.23. The summed E-state index contributed by atoms with van der Waals surface area (Å²) in [6, 6.07) is 9.07. The van der Waals surface area contributed by atoms with Crippen LogP contribution in [0.1, 0.15) is 11.1 Å². The van der Waals surface area contributed by atoms with Crippen LogP contribution in [0.15, 0.2) is 29.4 Å². The van der Waals surface area contributed by atoms with Gasteiger partial charge >= 0.3 is 0 Å². The van der Waals surface area contributed by atoms with Gasteiger partial charge in [0.05, 0.1) is 17.8 Å². The Kier molecular flexibility index (Phi) is 3.58. The first kappa shape index (κ1) is 10.2. The Labute approximate surface area is 87.0 Å². The molecule has 4 nitrogen and oxygen atoms in total. The van der Waals surface area contributed by atoms with Crippen LogP contribution in [0.3, 0.4) is 0 Å². The Bertz CT molecular complexity index is 406. The maximum absolute atomic E-state index is 8.62. The average molecular weight is 204 g/mol. The smallest absolute Gasteiger partial charge is 0.184 e. The third kappa shape index (κ3) is 3.21. The molecule has 0 aliphatic rings. The SMILES string of the molecule is N#Cc1cccc(/C=N/NC(N)=S)c1. The summed E-state index contributed by atoms with van der Waals surface area (Å²) in [6.45, 7) is 0. The number of nitrogens with two attached hydrogens (primary N) is 1. The summed E-state index contributed by atoms with van der Waals surface area (Å²) in [4.78, 5) is 0. The van der Waals surface area contributed by atoms with Gasteiger partial charge < -0.3 is 5.73 Å². The molecule has 1 aromatic rings. The van der Waals surface area contributed by atoms with E-state index in [1.165, 1.54) is 0 Å². The fourth-order valence-corrected chi connectivity index (χ4v) is 0.912. The normalized spacial score (nSPS) is 9.64. The molecule has 0 atom stereocenters. The number of nitrogens with zero attached hydrogens (tertiary/aromatic N) is 2. The molecule has 3 N–H and O–H groups in total. The van der Waals surface area contributed by atoms with Crippen molar-refractivity contribution in [2.45, 2.75) is 0 Å². The highest BCUT2D eigenvalue weighted by Gasteiger charge is 1.90. The number of nitrogens with one attached hydrogen (secondary N) is 1. The first-order chi connectivity index (χ1) is 6.72. The molecule has 0 saturated heterocycles. The Morgan fingerprint density at radius 1 is 1.64 bits per heavy atom. The molecule has 0 amide bonds. The van der Waals surface area contributed by atoms with E-state index < -0.39 is 0 Å². The molecule has 70 valence electrons. The number of rotatable bonds is 2. The van der Waals surface area contributed by atoms with Gasteiger partial charge in [0, 0.05) is 0 Å². The van der Waals surface area contributed by atoms with Crippen molar-refractivity contribution in [3.63, 3.8) is 0 Å². The fourth-order valence-electron chi connectivity index (χ4n) is 0.859. The lowest BCUT2D eigenvalue weighted by Gasteiger charge is -1.95. The van der Waals surface area contributed by atoms with Gasteiger partial charge in [-0.2, -0.15) is 10.4 Å². The average Bonchev–Trinajstić information content (AvgIpc) is 2.18. The van der Waals surface area contributed by atoms with Gasteiger partial charge in [-0.1, -0.05) is 12.1 Å². The quantitative estimate of drug-likeness (QED) is 0.423. The van der Waals surface area contributed by atoms with Crippen molar-refractivity contribution in [1.29, 1.82) is 5.26 Å². The standard InChI is InChI=1S/C9H8N4S/c10-5-7-2-1-3-8(4-7)6-12-13-9(11)14/h1-4,6H,(H3,11,13,14)/b12-6+. The predicted octanol–water partition coefficient (Wildman–Crippen LogP) is 0.725. The van der Waals surface area contributed by atoms with Crippen molar-refractivity contribution >= 4 is 23.5 Å². The minimum Gasteiger partial charge on any atom is -0.375 e. The predicted molar refractivity (Wildman–Crippen MR) is 58.7 cm³/mol. The van der Waals surface area contributed by atoms with Crippen molar-refractivity contribution in [2.24, 2.45) is 10.8 Å². The van der Waals surface area contributed by atoms with Crippen molar-refractivity contribution in [1.82, 2.24) is 5.43 Å². The Hall–Kier alpha value is -1.93. The van der Waals surface area contributed by atoms with Crippen LogP contribution < -0.4 is 11.2 Å². The number of hydrogen-bond acceptors (Lipinski definition) is 3. The van der Waals surface area contributed by atoms with Gasteiger partial charge in [0.25, 0.3) is 0 Å². The minimum absolute atomic E-state index is 0.109. The minimum atomic E-state index is 0.109. The number of hydrazone groups is 1. The molecular formula is C9H8N4S. The van der Waals surface area contributed by atoms with Crippen molar-refractivity contribution < 1.29 is 0 Å². The van der Waals surface area contributed by atoms with Crippen LogP contribution in [-0.4, -0.2) is 11.3 Å². The summed E-state index contributed by atoms with van der Waals surface area (Å²) in [5.41, 5.74) is 8.99. The molecule has 0 aromatic heterocycles. The van der Waals surface area contributed by atoms with Gasteiger partial charge in [0.15, 0.2) is 5.11 Å². The number of benzene rings is 1. The zero-order valence-electron chi connectivity index (χ0n) is 7.27. The molecule has 0 unspecified atom stereocenters. The highest BCUT2D eigenvalue weighted by atomic mass is 32.1. The van der Waals surface area contributed by atoms with Crippen LogP contribution >= 0.6 is 12.2 Å². The van der Waals surface area contributed by atoms with Gasteiger partial charge in [-0.05, 0) is 29.9 Å². The summed E-state index contributed by atoms with van der Waals surface area (Å²) in [5.74, 6) is 0. The second-order valence-corrected chi connectivity index (χ2v) is 2.91. The molecular weight excluding hydrogens is 196 g/mol. The van der Waals surface area contributed by atoms with E-state index in [0.29, 0.717) is 5.56 Å². The molecule has 0 fully saturated rings. The molecule has 14 heavy (non-hydrogen) atoms. The molecule has 5 heteroatoms. The summed E-state index contributed by atoms with van der Waals surface area (Å²) in [7, 11) is 0. The van der Waals surface area contributed by atoms with Crippen LogP contribution in [-0.2, 0) is 0 Å². The van der Waals surface area contributed by atoms with Crippen LogP contribution in [0, 0.1) is 11.3 Å². The lowest BCUT2D eigenvalue weighted by molar-refractivity contribution is 1.04. The monoisotopic (exact) mass is 204 g/mol. The Morgan fingerprint density at radius 2 is 2.43 bits per heavy atom. The van der Waals surface area contributed by atoms with E-state index in [0.717, 1.165) is 5.56 Å². The van der Waals surface area contributed by atoms with E-state index in [1.807, 2.05) is 12.1 Å². The molecule has 1 rings (SSSR count). The third-order valence-electron chi connectivity index (χ3n) is 1.40. The number of nitriles is 1. The maximum Gasteiger partial charge on any atom is 0.184 e. The summed E-state index contributed by atoms with van der Waals surface area (Å²) in [5, 5.41) is 12.5. The van der Waals surface area contributed by atoms with E-state index in [4.69, 9.17) is 11.0 Å². The van der Waals surface area contributed by atoms with Gasteiger partial charge in [-0.15, -0.1) is 0 Å². The third-order valence-corrected chi connectivity index (χ3v) is 1.50. The van der Waals surface area contributed by atoms with E-state index in [9.17, 15) is 0 Å². The topological polar surface area (TPSA) is 74.2 Å². The van der Waals surface area contributed by atoms with Crippen LogP contribution in [0.2, 0.25) is 0 Å². The van der Waals surface area contributed by atoms with E-state index in [1.54, 1.807) is 24.4 Å². The lowest BCUT2D eigenvalue weighted by atomic mass is 10.1. The van der Waals surface area contributed by atoms with E-state index >= 15 is 0 Å². The second-order valence-electron chi connectivity index (χ2n) is 2.47. The molecule has 0 heterocycles. The number of hydrogen-bond donors (Lipinski definition) is 2. The molecule has 0 aliphatic heterocycles. The van der Waals surface area contributed by atoms with E-state index in [-0.39, 0.29) is 5.11 Å². The van der Waals surface area contributed by atoms with Gasteiger partial charge in [0.2, 0.25) is 0 Å². The largest absolute Gasteiger partial charge is 0.375 e. The molecule has 0 spiro atoms. The Balaban J connectivity index is 2.72. The maximum atomic E-state index is 8.62. The number of thiocarbonyl (C=S) groups is 1. The highest BCUT2D eigenvalue weighted by molar-refractivity contribution is 7.80. The van der Waals surface area contributed by atoms with Gasteiger partial charge in [-0.25, -0.2) is 0 Å². The highest BCUT2D eigenvalue weighted by Crippen LogP contribution is 2.00. The van der Waals surface area contributed by atoms with Gasteiger partial charge in [0.1, 0.15) is 0 Å². The summed E-state index contributed by atoms with van der Waals surface area (Å²) < 4.78 is 0. The second kappa shape index (κ2) is 4.94. The van der Waals surface area contributed by atoms with E-state index in [2.05, 4.69) is 22.7 Å². The molecule has 0 radical (unpaired) electrons. The van der Waals surface area contributed by atoms with Crippen LogP contribution in [0.5, 0.6) is 0 Å². The molecule has 0 saturated carbocycles. The summed E-state index contributed by atoms with van der Waals surface area (Å²) >= 11 is 4.56. The van der Waals surface area contributed by atoms with Crippen LogP contribution in [0.4, 0.5) is 0 Å². The summed E-state index contributed by atoms with van der Waals surface area (Å²) in [6.07, 6.45) is 1.54. The van der Waals surface area contributed by atoms with Gasteiger partial charge in [-0.3, -0.25) is 5.43 Å². The Morgan fingerprint density at radius 3 is 3.07 bits per heavy atom. The van der Waals surface area contributed by atoms with Crippen LogP contribution in [0.25, 0.3) is 0 Å². The van der Waals surface area contributed by atoms with Crippen molar-refractivity contribution in [3.8, 4) is 6.07 Å². The zero-order valence-corrected chi connectivity index (χ0v) is 8.08. The van der Waals surface area contributed by atoms with Crippen molar-refractivity contribution in [2.75, 3.05) is 0 Å². The molecule has 0 aliphatic carbocycles. The molecule has 0 bridgehead atoms. The zero-order chi connectivity index (χ0) is 10.4. The fraction of sp³-hybridized carbons (Fsp3) is 0. The van der Waals surface area contributed by atoms with Crippen molar-refractivity contribution in [3.05, 3.63) is 35.4 Å². The molecule has 1 aromatic carbocycles.